The van der Waals surface area contributed by atoms with Crippen LogP contribution in [0.4, 0.5) is 5.69 Å². The van der Waals surface area contributed by atoms with Crippen LogP contribution in [0.25, 0.3) is 6.08 Å². The molecule has 1 aliphatic heterocycles. The van der Waals surface area contributed by atoms with Crippen molar-refractivity contribution in [1.82, 2.24) is 5.32 Å². The van der Waals surface area contributed by atoms with Crippen LogP contribution in [0.1, 0.15) is 12.5 Å². The largest absolute Gasteiger partial charge is 0.494 e. The second-order valence-corrected chi connectivity index (χ2v) is 8.98. The van der Waals surface area contributed by atoms with E-state index in [4.69, 9.17) is 28.6 Å². The quantitative estimate of drug-likeness (QED) is 0.270. The molecule has 1 heterocycles. The van der Waals surface area contributed by atoms with Gasteiger partial charge in [0, 0.05) is 20.9 Å². The van der Waals surface area contributed by atoms with Crippen LogP contribution in [0.3, 0.4) is 0 Å². The Hall–Kier alpha value is -3.13. The topological polar surface area (TPSA) is 58.6 Å². The van der Waals surface area contributed by atoms with Crippen molar-refractivity contribution in [1.29, 1.82) is 0 Å². The Balaban J connectivity index is 1.57. The third-order valence-electron chi connectivity index (χ3n) is 4.73. The van der Waals surface area contributed by atoms with Gasteiger partial charge in [0.15, 0.2) is 5.11 Å². The van der Waals surface area contributed by atoms with Crippen molar-refractivity contribution in [2.75, 3.05) is 11.5 Å². The maximum absolute atomic E-state index is 13.2. The number of thiocarbonyl (C=S) groups is 1. The van der Waals surface area contributed by atoms with Crippen molar-refractivity contribution in [2.24, 2.45) is 0 Å². The predicted octanol–water partition coefficient (Wildman–Crippen LogP) is 5.72. The van der Waals surface area contributed by atoms with Crippen molar-refractivity contribution in [3.63, 3.8) is 0 Å². The van der Waals surface area contributed by atoms with E-state index in [0.717, 1.165) is 15.4 Å². The molecule has 1 saturated heterocycles. The second-order valence-electron chi connectivity index (χ2n) is 7.01. The number of rotatable bonds is 6. The molecule has 0 bridgehead atoms. The first-order valence-corrected chi connectivity index (χ1v) is 11.7. The molecule has 166 valence electrons. The summed E-state index contributed by atoms with van der Waals surface area (Å²) >= 11 is 12.8. The molecule has 3 aromatic carbocycles. The number of hydrogen-bond acceptors (Lipinski definition) is 5. The highest BCUT2D eigenvalue weighted by Gasteiger charge is 2.34. The Morgan fingerprint density at radius 2 is 1.70 bits per heavy atom. The Morgan fingerprint density at radius 3 is 2.36 bits per heavy atom. The van der Waals surface area contributed by atoms with Crippen molar-refractivity contribution in [2.45, 2.75) is 16.7 Å². The van der Waals surface area contributed by atoms with Crippen LogP contribution >= 0.6 is 35.6 Å². The lowest BCUT2D eigenvalue weighted by Crippen LogP contribution is -2.54. The summed E-state index contributed by atoms with van der Waals surface area (Å²) in [4.78, 5) is 29.1. The van der Waals surface area contributed by atoms with Crippen LogP contribution in [0.5, 0.6) is 5.75 Å². The summed E-state index contributed by atoms with van der Waals surface area (Å²) in [6.45, 7) is 2.37. The minimum Gasteiger partial charge on any atom is -0.494 e. The number of carbonyl (C=O) groups is 2. The maximum Gasteiger partial charge on any atom is 0.270 e. The lowest BCUT2D eigenvalue weighted by atomic mass is 10.1. The van der Waals surface area contributed by atoms with E-state index in [1.54, 1.807) is 42.1 Å². The van der Waals surface area contributed by atoms with Gasteiger partial charge >= 0.3 is 0 Å². The number of hydrogen-bond donors (Lipinski definition) is 1. The number of carbonyl (C=O) groups excluding carboxylic acids is 2. The van der Waals surface area contributed by atoms with Crippen molar-refractivity contribution < 1.29 is 14.3 Å². The zero-order valence-electron chi connectivity index (χ0n) is 17.6. The zero-order valence-corrected chi connectivity index (χ0v) is 20.0. The van der Waals surface area contributed by atoms with E-state index in [0.29, 0.717) is 23.1 Å². The van der Waals surface area contributed by atoms with Gasteiger partial charge in [-0.05, 0) is 79.3 Å². The van der Waals surface area contributed by atoms with Gasteiger partial charge in [-0.15, -0.1) is 0 Å². The van der Waals surface area contributed by atoms with Crippen LogP contribution in [0.2, 0.25) is 5.02 Å². The monoisotopic (exact) mass is 494 g/mol. The summed E-state index contributed by atoms with van der Waals surface area (Å²) in [6.07, 6.45) is 1.57. The second kappa shape index (κ2) is 10.2. The highest BCUT2D eigenvalue weighted by molar-refractivity contribution is 7.99. The molecule has 1 fully saturated rings. The molecule has 5 nitrogen and oxygen atoms in total. The minimum absolute atomic E-state index is 0.00326. The summed E-state index contributed by atoms with van der Waals surface area (Å²) in [5, 5.41) is 3.32. The molecule has 33 heavy (non-hydrogen) atoms. The molecule has 4 rings (SSSR count). The van der Waals surface area contributed by atoms with E-state index < -0.39 is 11.8 Å². The first kappa shape index (κ1) is 23.0. The number of nitrogens with one attached hydrogen (secondary N) is 1. The number of benzene rings is 3. The van der Waals surface area contributed by atoms with Gasteiger partial charge in [-0.3, -0.25) is 19.8 Å². The molecule has 3 aromatic rings. The molecule has 0 atom stereocenters. The van der Waals surface area contributed by atoms with Gasteiger partial charge in [0.1, 0.15) is 11.3 Å². The van der Waals surface area contributed by atoms with Crippen molar-refractivity contribution in [3.05, 3.63) is 89.0 Å². The average Bonchev–Trinajstić information content (AvgIpc) is 2.80. The molecule has 2 amide bonds. The predicted molar refractivity (Wildman–Crippen MR) is 136 cm³/mol. The fraction of sp³-hybridized carbons (Fsp3) is 0.0800. The van der Waals surface area contributed by atoms with Gasteiger partial charge in [-0.2, -0.15) is 0 Å². The van der Waals surface area contributed by atoms with E-state index >= 15 is 0 Å². The standard InChI is InChI=1S/C25H19ClN2O3S2/c1-2-31-19-5-3-4-18(15-19)28-24(30)22(23(29)27-25(28)32)14-16-6-10-20(11-7-16)33-21-12-8-17(26)9-13-21/h3-15H,2H2,1H3,(H,27,29,32)/b22-14+. The first-order chi connectivity index (χ1) is 15.9. The average molecular weight is 495 g/mol. The maximum atomic E-state index is 13.2. The Bertz CT molecular complexity index is 1240. The number of amides is 2. The SMILES string of the molecule is CCOc1cccc(N2C(=O)/C(=C/c3ccc(Sc4ccc(Cl)cc4)cc3)C(=O)NC2=S)c1. The Morgan fingerprint density at radius 1 is 1.03 bits per heavy atom. The van der Waals surface area contributed by atoms with Crippen molar-refractivity contribution in [3.8, 4) is 5.75 Å². The van der Waals surface area contributed by atoms with Gasteiger partial charge in [0.25, 0.3) is 11.8 Å². The molecular formula is C25H19ClN2O3S2. The Labute approximate surface area is 206 Å². The van der Waals surface area contributed by atoms with Crippen LogP contribution in [0.15, 0.2) is 88.2 Å². The zero-order chi connectivity index (χ0) is 23.4. The van der Waals surface area contributed by atoms with Crippen molar-refractivity contribution >= 4 is 64.3 Å². The molecule has 1 N–H and O–H groups in total. The van der Waals surface area contributed by atoms with Crippen LogP contribution < -0.4 is 15.0 Å². The lowest BCUT2D eigenvalue weighted by molar-refractivity contribution is -0.122. The number of halogens is 1. The normalized spacial score (nSPS) is 15.0. The third-order valence-corrected chi connectivity index (χ3v) is 6.28. The highest BCUT2D eigenvalue weighted by Crippen LogP contribution is 2.30. The molecule has 1 aliphatic rings. The van der Waals surface area contributed by atoms with Crippen LogP contribution in [-0.4, -0.2) is 23.5 Å². The highest BCUT2D eigenvalue weighted by atomic mass is 35.5. The van der Waals surface area contributed by atoms with Gasteiger partial charge in [0.2, 0.25) is 0 Å². The molecule has 0 saturated carbocycles. The molecule has 0 unspecified atom stereocenters. The summed E-state index contributed by atoms with van der Waals surface area (Å²) < 4.78 is 5.52. The molecular weight excluding hydrogens is 476 g/mol. The molecule has 8 heteroatoms. The molecule has 0 aromatic heterocycles. The van der Waals surface area contributed by atoms with Crippen LogP contribution in [0, 0.1) is 0 Å². The summed E-state index contributed by atoms with van der Waals surface area (Å²) in [6, 6.07) is 22.2. The first-order valence-electron chi connectivity index (χ1n) is 10.1. The molecule has 0 aliphatic carbocycles. The summed E-state index contributed by atoms with van der Waals surface area (Å²) in [5.41, 5.74) is 1.25. The molecule has 0 radical (unpaired) electrons. The van der Waals surface area contributed by atoms with E-state index in [1.165, 1.54) is 4.90 Å². The fourth-order valence-electron chi connectivity index (χ4n) is 3.21. The fourth-order valence-corrected chi connectivity index (χ4v) is 4.43. The number of nitrogens with zero attached hydrogens (tertiary/aromatic N) is 1. The van der Waals surface area contributed by atoms with E-state index in [1.807, 2.05) is 55.5 Å². The summed E-state index contributed by atoms with van der Waals surface area (Å²) in [7, 11) is 0. The van der Waals surface area contributed by atoms with Gasteiger partial charge < -0.3 is 4.74 Å². The van der Waals surface area contributed by atoms with Gasteiger partial charge in [-0.25, -0.2) is 0 Å². The lowest BCUT2D eigenvalue weighted by Gasteiger charge is -2.29. The summed E-state index contributed by atoms with van der Waals surface area (Å²) in [5.74, 6) is -0.402. The van der Waals surface area contributed by atoms with E-state index in [2.05, 4.69) is 5.32 Å². The smallest absolute Gasteiger partial charge is 0.270 e. The number of ether oxygens (including phenoxy) is 1. The van der Waals surface area contributed by atoms with Crippen LogP contribution in [-0.2, 0) is 9.59 Å². The van der Waals surface area contributed by atoms with Gasteiger partial charge in [-0.1, -0.05) is 41.6 Å². The Kier molecular flexibility index (Phi) is 7.13. The number of anilines is 1. The third kappa shape index (κ3) is 5.45. The minimum atomic E-state index is -0.526. The van der Waals surface area contributed by atoms with E-state index in [-0.39, 0.29) is 10.7 Å². The molecule has 0 spiro atoms. The van der Waals surface area contributed by atoms with Gasteiger partial charge in [0.05, 0.1) is 12.3 Å². The van der Waals surface area contributed by atoms with E-state index in [9.17, 15) is 9.59 Å².